The van der Waals surface area contributed by atoms with Gasteiger partial charge in [-0.1, -0.05) is 42.5 Å². The van der Waals surface area contributed by atoms with E-state index in [4.69, 9.17) is 4.74 Å². The summed E-state index contributed by atoms with van der Waals surface area (Å²) >= 11 is 0. The zero-order valence-corrected chi connectivity index (χ0v) is 15.6. The van der Waals surface area contributed by atoms with Crippen molar-refractivity contribution in [3.8, 4) is 0 Å². The quantitative estimate of drug-likeness (QED) is 0.840. The Labute approximate surface area is 158 Å². The highest BCUT2D eigenvalue weighted by Crippen LogP contribution is 2.31. The van der Waals surface area contributed by atoms with E-state index < -0.39 is 17.7 Å². The van der Waals surface area contributed by atoms with Crippen LogP contribution < -0.4 is 5.32 Å². The van der Waals surface area contributed by atoms with Crippen molar-refractivity contribution in [3.05, 3.63) is 71.3 Å². The molecule has 2 aromatic carbocycles. The van der Waals surface area contributed by atoms with Crippen molar-refractivity contribution >= 4 is 17.9 Å². The van der Waals surface area contributed by atoms with Crippen LogP contribution in [0.1, 0.15) is 53.1 Å². The molecular weight excluding hydrogens is 344 g/mol. The number of imide groups is 1. The molecule has 0 fully saturated rings. The molecule has 27 heavy (non-hydrogen) atoms. The lowest BCUT2D eigenvalue weighted by molar-refractivity contribution is 0.0467. The number of ether oxygens (including phenoxy) is 1. The molecule has 0 saturated carbocycles. The van der Waals surface area contributed by atoms with Crippen LogP contribution in [0.4, 0.5) is 4.79 Å². The van der Waals surface area contributed by atoms with E-state index >= 15 is 0 Å². The van der Waals surface area contributed by atoms with Crippen molar-refractivity contribution in [2.45, 2.75) is 32.4 Å². The second-order valence-electron chi connectivity index (χ2n) is 7.34. The number of nitrogens with one attached hydrogen (secondary N) is 1. The SMILES string of the molecule is CC(C)(C)OC(=O)NC[C@H](c1ccccc1)N1C(=O)c2ccccc2C1=O. The van der Waals surface area contributed by atoms with Crippen LogP contribution >= 0.6 is 0 Å². The van der Waals surface area contributed by atoms with Crippen LogP contribution in [0.2, 0.25) is 0 Å². The first kappa shape index (κ1) is 18.6. The Bertz CT molecular complexity index is 836. The molecule has 0 radical (unpaired) electrons. The van der Waals surface area contributed by atoms with Crippen LogP contribution in [-0.4, -0.2) is 35.0 Å². The van der Waals surface area contributed by atoms with Gasteiger partial charge in [-0.3, -0.25) is 14.5 Å². The summed E-state index contributed by atoms with van der Waals surface area (Å²) in [4.78, 5) is 39.0. The van der Waals surface area contributed by atoms with E-state index in [1.807, 2.05) is 30.3 Å². The normalized spacial score (nSPS) is 14.7. The second-order valence-corrected chi connectivity index (χ2v) is 7.34. The maximum absolute atomic E-state index is 12.9. The summed E-state index contributed by atoms with van der Waals surface area (Å²) in [6.07, 6.45) is -0.597. The van der Waals surface area contributed by atoms with Crippen molar-refractivity contribution in [2.75, 3.05) is 6.54 Å². The van der Waals surface area contributed by atoms with Gasteiger partial charge in [0.05, 0.1) is 17.2 Å². The number of carbonyl (C=O) groups is 3. The van der Waals surface area contributed by atoms with Crippen LogP contribution in [0, 0.1) is 0 Å². The Balaban J connectivity index is 1.87. The third kappa shape index (κ3) is 4.00. The molecule has 6 nitrogen and oxygen atoms in total. The molecule has 3 rings (SSSR count). The average molecular weight is 366 g/mol. The number of amides is 3. The third-order valence-corrected chi connectivity index (χ3v) is 4.16. The summed E-state index contributed by atoms with van der Waals surface area (Å²) in [7, 11) is 0. The molecule has 0 aliphatic carbocycles. The molecule has 0 bridgehead atoms. The molecule has 1 aliphatic heterocycles. The number of rotatable bonds is 4. The Morgan fingerprint density at radius 2 is 1.48 bits per heavy atom. The van der Waals surface area contributed by atoms with E-state index in [1.165, 1.54) is 4.90 Å². The summed E-state index contributed by atoms with van der Waals surface area (Å²) in [5.74, 6) is -0.731. The maximum Gasteiger partial charge on any atom is 0.407 e. The highest BCUT2D eigenvalue weighted by molar-refractivity contribution is 6.21. The van der Waals surface area contributed by atoms with Gasteiger partial charge in [0.2, 0.25) is 0 Å². The van der Waals surface area contributed by atoms with Gasteiger partial charge in [-0.25, -0.2) is 4.79 Å². The minimum Gasteiger partial charge on any atom is -0.444 e. The second kappa shape index (κ2) is 7.23. The smallest absolute Gasteiger partial charge is 0.407 e. The lowest BCUT2D eigenvalue weighted by Crippen LogP contribution is -2.42. The number of hydrogen-bond donors (Lipinski definition) is 1. The lowest BCUT2D eigenvalue weighted by atomic mass is 10.1. The van der Waals surface area contributed by atoms with Crippen LogP contribution in [0.3, 0.4) is 0 Å². The van der Waals surface area contributed by atoms with E-state index in [0.717, 1.165) is 5.56 Å². The van der Waals surface area contributed by atoms with Crippen LogP contribution in [0.5, 0.6) is 0 Å². The van der Waals surface area contributed by atoms with Gasteiger partial charge >= 0.3 is 6.09 Å². The first-order valence-electron chi connectivity index (χ1n) is 8.76. The number of fused-ring (bicyclic) bond motifs is 1. The number of hydrogen-bond acceptors (Lipinski definition) is 4. The fourth-order valence-electron chi connectivity index (χ4n) is 3.02. The largest absolute Gasteiger partial charge is 0.444 e. The van der Waals surface area contributed by atoms with Crippen LogP contribution in [0.25, 0.3) is 0 Å². The molecule has 1 aliphatic rings. The Kier molecular flexibility index (Phi) is 4.99. The minimum absolute atomic E-state index is 0.0599. The van der Waals surface area contributed by atoms with Gasteiger partial charge in [0.15, 0.2) is 0 Å². The van der Waals surface area contributed by atoms with Gasteiger partial charge in [0.25, 0.3) is 11.8 Å². The summed E-state index contributed by atoms with van der Waals surface area (Å²) in [6, 6.07) is 15.2. The third-order valence-electron chi connectivity index (χ3n) is 4.16. The van der Waals surface area contributed by atoms with Gasteiger partial charge in [0.1, 0.15) is 5.60 Å². The van der Waals surface area contributed by atoms with E-state index in [1.54, 1.807) is 45.0 Å². The molecule has 0 spiro atoms. The fourth-order valence-corrected chi connectivity index (χ4v) is 3.02. The minimum atomic E-state index is -0.637. The monoisotopic (exact) mass is 366 g/mol. The standard InChI is InChI=1S/C21H22N2O4/c1-21(2,3)27-20(26)22-13-17(14-9-5-4-6-10-14)23-18(24)15-11-7-8-12-16(15)19(23)25/h4-12,17H,13H2,1-3H3,(H,22,26)/t17-/m1/s1. The molecule has 1 heterocycles. The predicted octanol–water partition coefficient (Wildman–Crippen LogP) is 3.55. The Morgan fingerprint density at radius 3 is 2.00 bits per heavy atom. The summed E-state index contributed by atoms with van der Waals surface area (Å²) in [6.45, 7) is 5.37. The van der Waals surface area contributed by atoms with Gasteiger partial charge in [-0.05, 0) is 38.5 Å². The van der Waals surface area contributed by atoms with E-state index in [2.05, 4.69) is 5.32 Å². The molecule has 6 heteroatoms. The molecule has 0 unspecified atom stereocenters. The topological polar surface area (TPSA) is 75.7 Å². The Hall–Kier alpha value is -3.15. The number of benzene rings is 2. The van der Waals surface area contributed by atoms with Gasteiger partial charge in [-0.2, -0.15) is 0 Å². The highest BCUT2D eigenvalue weighted by atomic mass is 16.6. The first-order chi connectivity index (χ1) is 12.8. The van der Waals surface area contributed by atoms with Crippen molar-refractivity contribution in [1.82, 2.24) is 10.2 Å². The molecule has 1 N–H and O–H groups in total. The molecule has 0 aromatic heterocycles. The van der Waals surface area contributed by atoms with Crippen molar-refractivity contribution < 1.29 is 19.1 Å². The average Bonchev–Trinajstić information content (AvgIpc) is 2.87. The zero-order valence-electron chi connectivity index (χ0n) is 15.6. The summed E-state index contributed by atoms with van der Waals surface area (Å²) in [5, 5.41) is 2.68. The van der Waals surface area contributed by atoms with Crippen molar-refractivity contribution in [3.63, 3.8) is 0 Å². The van der Waals surface area contributed by atoms with Crippen molar-refractivity contribution in [2.24, 2.45) is 0 Å². The van der Waals surface area contributed by atoms with E-state index in [9.17, 15) is 14.4 Å². The van der Waals surface area contributed by atoms with Gasteiger partial charge in [-0.15, -0.1) is 0 Å². The summed E-state index contributed by atoms with van der Waals surface area (Å²) < 4.78 is 5.26. The fraction of sp³-hybridized carbons (Fsp3) is 0.286. The zero-order chi connectivity index (χ0) is 19.6. The van der Waals surface area contributed by atoms with E-state index in [-0.39, 0.29) is 18.4 Å². The maximum atomic E-state index is 12.9. The number of nitrogens with zero attached hydrogens (tertiary/aromatic N) is 1. The first-order valence-corrected chi connectivity index (χ1v) is 8.76. The molecule has 2 aromatic rings. The van der Waals surface area contributed by atoms with Crippen LogP contribution in [0.15, 0.2) is 54.6 Å². The molecule has 1 atom stereocenters. The number of carbonyl (C=O) groups excluding carboxylic acids is 3. The molecule has 0 saturated heterocycles. The predicted molar refractivity (Wildman–Crippen MR) is 100 cm³/mol. The van der Waals surface area contributed by atoms with Gasteiger partial charge < -0.3 is 10.1 Å². The molecular formula is C21H22N2O4. The summed E-state index contributed by atoms with van der Waals surface area (Å²) in [5.41, 5.74) is 0.867. The molecule has 140 valence electrons. The van der Waals surface area contributed by atoms with Gasteiger partial charge in [0, 0.05) is 6.54 Å². The van der Waals surface area contributed by atoms with E-state index in [0.29, 0.717) is 11.1 Å². The highest BCUT2D eigenvalue weighted by Gasteiger charge is 2.40. The van der Waals surface area contributed by atoms with Crippen LogP contribution in [-0.2, 0) is 4.74 Å². The van der Waals surface area contributed by atoms with Crippen molar-refractivity contribution in [1.29, 1.82) is 0 Å². The lowest BCUT2D eigenvalue weighted by Gasteiger charge is -2.27. The number of alkyl carbamates (subject to hydrolysis) is 1. The Morgan fingerprint density at radius 1 is 0.963 bits per heavy atom. The molecule has 3 amide bonds.